The number of carboxylic acid groups (broad SMARTS) is 1. The number of allylic oxidation sites excluding steroid dienone is 1. The van der Waals surface area contributed by atoms with Crippen molar-refractivity contribution in [1.82, 2.24) is 0 Å². The van der Waals surface area contributed by atoms with Gasteiger partial charge in [0.2, 0.25) is 0 Å². The van der Waals surface area contributed by atoms with Gasteiger partial charge in [-0.3, -0.25) is 0 Å². The first kappa shape index (κ1) is 12.1. The molecule has 1 aromatic carbocycles. The molecule has 0 radical (unpaired) electrons. The maximum atomic E-state index is 10.6. The molecule has 4 heteroatoms. The Kier molecular flexibility index (Phi) is 3.94. The van der Waals surface area contributed by atoms with Crippen molar-refractivity contribution >= 4 is 5.97 Å². The zero-order valence-electron chi connectivity index (χ0n) is 9.23. The average molecular weight is 222 g/mol. The minimum atomic E-state index is -1.16. The lowest BCUT2D eigenvalue weighted by atomic mass is 10.2. The van der Waals surface area contributed by atoms with Crippen molar-refractivity contribution in [3.8, 4) is 11.5 Å². The van der Waals surface area contributed by atoms with E-state index < -0.39 is 5.97 Å². The smallest absolute Gasteiger partial charge is 0.339 e. The van der Waals surface area contributed by atoms with Crippen LogP contribution in [0.1, 0.15) is 24.2 Å². The number of rotatable bonds is 4. The zero-order valence-corrected chi connectivity index (χ0v) is 9.23. The minimum Gasteiger partial charge on any atom is -0.507 e. The maximum absolute atomic E-state index is 10.6. The molecule has 0 amide bonds. The molecule has 1 aromatic rings. The van der Waals surface area contributed by atoms with E-state index in [0.29, 0.717) is 12.4 Å². The first-order valence-corrected chi connectivity index (χ1v) is 4.83. The van der Waals surface area contributed by atoms with Crippen LogP contribution in [0.25, 0.3) is 0 Å². The van der Waals surface area contributed by atoms with E-state index in [-0.39, 0.29) is 11.3 Å². The van der Waals surface area contributed by atoms with E-state index in [9.17, 15) is 9.90 Å². The number of benzene rings is 1. The van der Waals surface area contributed by atoms with Crippen molar-refractivity contribution < 1.29 is 19.7 Å². The maximum Gasteiger partial charge on any atom is 0.339 e. The average Bonchev–Trinajstić information content (AvgIpc) is 2.16. The van der Waals surface area contributed by atoms with E-state index in [0.717, 1.165) is 5.57 Å². The van der Waals surface area contributed by atoms with Crippen molar-refractivity contribution in [3.63, 3.8) is 0 Å². The molecule has 1 rings (SSSR count). The predicted molar refractivity (Wildman–Crippen MR) is 60.0 cm³/mol. The Morgan fingerprint density at radius 2 is 2.12 bits per heavy atom. The third kappa shape index (κ3) is 3.31. The Bertz CT molecular complexity index is 417. The zero-order chi connectivity index (χ0) is 12.1. The summed E-state index contributed by atoms with van der Waals surface area (Å²) in [4.78, 5) is 10.6. The van der Waals surface area contributed by atoms with Crippen molar-refractivity contribution in [1.29, 1.82) is 0 Å². The van der Waals surface area contributed by atoms with E-state index in [1.54, 1.807) is 0 Å². The highest BCUT2D eigenvalue weighted by Crippen LogP contribution is 2.23. The molecule has 0 spiro atoms. The molecule has 0 aromatic heterocycles. The van der Waals surface area contributed by atoms with Crippen LogP contribution in [0.5, 0.6) is 11.5 Å². The molecule has 0 bridgehead atoms. The summed E-state index contributed by atoms with van der Waals surface area (Å²) in [5.74, 6) is -1.00. The summed E-state index contributed by atoms with van der Waals surface area (Å²) >= 11 is 0. The molecular weight excluding hydrogens is 208 g/mol. The van der Waals surface area contributed by atoms with Gasteiger partial charge >= 0.3 is 5.97 Å². The topological polar surface area (TPSA) is 66.8 Å². The Morgan fingerprint density at radius 1 is 1.44 bits per heavy atom. The number of ether oxygens (including phenoxy) is 1. The molecule has 2 N–H and O–H groups in total. The third-order valence-corrected chi connectivity index (χ3v) is 1.94. The van der Waals surface area contributed by atoms with Gasteiger partial charge in [0.25, 0.3) is 0 Å². The second-order valence-electron chi connectivity index (χ2n) is 3.58. The van der Waals surface area contributed by atoms with Gasteiger partial charge in [-0.1, -0.05) is 5.57 Å². The summed E-state index contributed by atoms with van der Waals surface area (Å²) in [6, 6.07) is 4.12. The van der Waals surface area contributed by atoms with Gasteiger partial charge in [-0.05, 0) is 32.1 Å². The van der Waals surface area contributed by atoms with Crippen LogP contribution in [-0.4, -0.2) is 22.8 Å². The minimum absolute atomic E-state index is 0.130. The fourth-order valence-electron chi connectivity index (χ4n) is 1.09. The SMILES string of the molecule is CC(C)=CCOc1ccc(C(=O)O)c(O)c1. The highest BCUT2D eigenvalue weighted by Gasteiger charge is 2.09. The van der Waals surface area contributed by atoms with Gasteiger partial charge < -0.3 is 14.9 Å². The number of carboxylic acids is 1. The molecule has 0 saturated heterocycles. The summed E-state index contributed by atoms with van der Waals surface area (Å²) in [6.07, 6.45) is 1.89. The van der Waals surface area contributed by atoms with Gasteiger partial charge in [-0.15, -0.1) is 0 Å². The molecule has 0 aliphatic carbocycles. The second-order valence-corrected chi connectivity index (χ2v) is 3.58. The van der Waals surface area contributed by atoms with Gasteiger partial charge in [0, 0.05) is 6.07 Å². The van der Waals surface area contributed by atoms with Crippen LogP contribution in [0, 0.1) is 0 Å². The molecule has 16 heavy (non-hydrogen) atoms. The Hall–Kier alpha value is -1.97. The van der Waals surface area contributed by atoms with E-state index >= 15 is 0 Å². The summed E-state index contributed by atoms with van der Waals surface area (Å²) in [7, 11) is 0. The number of hydrogen-bond donors (Lipinski definition) is 2. The van der Waals surface area contributed by atoms with E-state index in [1.807, 2.05) is 19.9 Å². The van der Waals surface area contributed by atoms with Crippen LogP contribution in [0.4, 0.5) is 0 Å². The van der Waals surface area contributed by atoms with Gasteiger partial charge in [0.05, 0.1) is 0 Å². The molecule has 0 heterocycles. The number of carbonyl (C=O) groups is 1. The standard InChI is InChI=1S/C12H14O4/c1-8(2)5-6-16-9-3-4-10(12(14)15)11(13)7-9/h3-5,7,13H,6H2,1-2H3,(H,14,15). The highest BCUT2D eigenvalue weighted by atomic mass is 16.5. The Morgan fingerprint density at radius 3 is 2.62 bits per heavy atom. The first-order valence-electron chi connectivity index (χ1n) is 4.83. The second kappa shape index (κ2) is 5.21. The van der Waals surface area contributed by atoms with Crippen LogP contribution in [0.2, 0.25) is 0 Å². The predicted octanol–water partition coefficient (Wildman–Crippen LogP) is 2.44. The van der Waals surface area contributed by atoms with E-state index in [1.165, 1.54) is 18.2 Å². The van der Waals surface area contributed by atoms with Crippen LogP contribution in [-0.2, 0) is 0 Å². The van der Waals surface area contributed by atoms with Crippen LogP contribution >= 0.6 is 0 Å². The molecule has 0 saturated carbocycles. The molecule has 0 fully saturated rings. The highest BCUT2D eigenvalue weighted by molar-refractivity contribution is 5.90. The fraction of sp³-hybridized carbons (Fsp3) is 0.250. The molecule has 4 nitrogen and oxygen atoms in total. The first-order chi connectivity index (χ1) is 7.50. The van der Waals surface area contributed by atoms with Crippen LogP contribution in [0.3, 0.4) is 0 Å². The van der Waals surface area contributed by atoms with Gasteiger partial charge in [-0.25, -0.2) is 4.79 Å². The molecule has 0 atom stereocenters. The van der Waals surface area contributed by atoms with Crippen molar-refractivity contribution in [2.45, 2.75) is 13.8 Å². The van der Waals surface area contributed by atoms with Crippen LogP contribution in [0.15, 0.2) is 29.8 Å². The molecule has 0 aliphatic heterocycles. The number of aromatic carboxylic acids is 1. The number of hydrogen-bond acceptors (Lipinski definition) is 3. The number of aromatic hydroxyl groups is 1. The van der Waals surface area contributed by atoms with Gasteiger partial charge in [-0.2, -0.15) is 0 Å². The summed E-state index contributed by atoms with van der Waals surface area (Å²) in [5, 5.41) is 18.1. The summed E-state index contributed by atoms with van der Waals surface area (Å²) in [5.41, 5.74) is 1.00. The lowest BCUT2D eigenvalue weighted by Gasteiger charge is -2.05. The lowest BCUT2D eigenvalue weighted by Crippen LogP contribution is -1.98. The summed E-state index contributed by atoms with van der Waals surface area (Å²) < 4.78 is 5.30. The molecule has 0 aliphatic rings. The monoisotopic (exact) mass is 222 g/mol. The third-order valence-electron chi connectivity index (χ3n) is 1.94. The Labute approximate surface area is 93.8 Å². The normalized spacial score (nSPS) is 9.62. The fourth-order valence-corrected chi connectivity index (χ4v) is 1.09. The van der Waals surface area contributed by atoms with Crippen LogP contribution < -0.4 is 4.74 Å². The Balaban J connectivity index is 2.74. The van der Waals surface area contributed by atoms with Crippen molar-refractivity contribution in [2.75, 3.05) is 6.61 Å². The molecule has 86 valence electrons. The molecule has 0 unspecified atom stereocenters. The van der Waals surface area contributed by atoms with Crippen molar-refractivity contribution in [3.05, 3.63) is 35.4 Å². The van der Waals surface area contributed by atoms with Gasteiger partial charge in [0.1, 0.15) is 23.7 Å². The summed E-state index contributed by atoms with van der Waals surface area (Å²) in [6.45, 7) is 4.30. The molecular formula is C12H14O4. The van der Waals surface area contributed by atoms with E-state index in [4.69, 9.17) is 9.84 Å². The van der Waals surface area contributed by atoms with Gasteiger partial charge in [0.15, 0.2) is 0 Å². The largest absolute Gasteiger partial charge is 0.507 e. The van der Waals surface area contributed by atoms with Crippen molar-refractivity contribution in [2.24, 2.45) is 0 Å². The number of phenols is 1. The van der Waals surface area contributed by atoms with E-state index in [2.05, 4.69) is 0 Å². The quantitative estimate of drug-likeness (QED) is 0.768. The lowest BCUT2D eigenvalue weighted by molar-refractivity contribution is 0.0693.